The third kappa shape index (κ3) is 4.73. The fourth-order valence-corrected chi connectivity index (χ4v) is 3.04. The molecule has 122 valence electrons. The lowest BCUT2D eigenvalue weighted by Gasteiger charge is -2.32. The Bertz CT molecular complexity index is 494. The average molecular weight is 304 g/mol. The van der Waals surface area contributed by atoms with Gasteiger partial charge >= 0.3 is 0 Å². The van der Waals surface area contributed by atoms with Gasteiger partial charge in [0.05, 0.1) is 13.0 Å². The van der Waals surface area contributed by atoms with Crippen molar-refractivity contribution in [1.29, 1.82) is 0 Å². The van der Waals surface area contributed by atoms with E-state index in [1.54, 1.807) is 0 Å². The van der Waals surface area contributed by atoms with Crippen LogP contribution in [0.2, 0.25) is 0 Å². The molecular weight excluding hydrogens is 276 g/mol. The maximum absolute atomic E-state index is 12.2. The highest BCUT2D eigenvalue weighted by atomic mass is 16.5. The van der Waals surface area contributed by atoms with Gasteiger partial charge in [-0.15, -0.1) is 0 Å². The van der Waals surface area contributed by atoms with Crippen LogP contribution in [0.3, 0.4) is 0 Å². The van der Waals surface area contributed by atoms with Crippen molar-refractivity contribution >= 4 is 5.91 Å². The van der Waals surface area contributed by atoms with Gasteiger partial charge in [-0.3, -0.25) is 4.79 Å². The minimum absolute atomic E-state index is 0.215. The summed E-state index contributed by atoms with van der Waals surface area (Å²) in [6, 6.07) is 6.12. The van der Waals surface area contributed by atoms with Crippen LogP contribution < -0.4 is 10.1 Å². The SMILES string of the molecule is CNCC1CCN(C(=O)CCOc2ccc(C)cc2C)CC1. The van der Waals surface area contributed by atoms with E-state index in [1.807, 2.05) is 31.0 Å². The number of hydrogen-bond donors (Lipinski definition) is 1. The summed E-state index contributed by atoms with van der Waals surface area (Å²) in [6.45, 7) is 7.38. The van der Waals surface area contributed by atoms with Gasteiger partial charge in [-0.25, -0.2) is 0 Å². The minimum atomic E-state index is 0.215. The van der Waals surface area contributed by atoms with Crippen molar-refractivity contribution in [2.75, 3.05) is 33.3 Å². The van der Waals surface area contributed by atoms with E-state index in [2.05, 4.69) is 18.3 Å². The second-order valence-electron chi connectivity index (χ2n) is 6.25. The van der Waals surface area contributed by atoms with Gasteiger partial charge in [0.1, 0.15) is 5.75 Å². The first kappa shape index (κ1) is 16.8. The summed E-state index contributed by atoms with van der Waals surface area (Å²) in [7, 11) is 1.99. The zero-order valence-electron chi connectivity index (χ0n) is 14.0. The van der Waals surface area contributed by atoms with Gasteiger partial charge in [-0.2, -0.15) is 0 Å². The molecule has 1 saturated heterocycles. The number of piperidine rings is 1. The highest BCUT2D eigenvalue weighted by Gasteiger charge is 2.22. The number of benzene rings is 1. The van der Waals surface area contributed by atoms with E-state index >= 15 is 0 Å². The molecule has 1 fully saturated rings. The maximum atomic E-state index is 12.2. The molecule has 0 saturated carbocycles. The Morgan fingerprint density at radius 3 is 2.68 bits per heavy atom. The van der Waals surface area contributed by atoms with Crippen LogP contribution >= 0.6 is 0 Å². The number of hydrogen-bond acceptors (Lipinski definition) is 3. The van der Waals surface area contributed by atoms with Crippen LogP contribution in [-0.2, 0) is 4.79 Å². The molecule has 4 nitrogen and oxygen atoms in total. The molecule has 0 unspecified atom stereocenters. The van der Waals surface area contributed by atoms with Gasteiger partial charge in [0.2, 0.25) is 5.91 Å². The number of aryl methyl sites for hydroxylation is 2. The maximum Gasteiger partial charge on any atom is 0.225 e. The number of rotatable bonds is 6. The van der Waals surface area contributed by atoms with Gasteiger partial charge in [-0.1, -0.05) is 17.7 Å². The lowest BCUT2D eigenvalue weighted by molar-refractivity contribution is -0.133. The number of carbonyl (C=O) groups is 1. The quantitative estimate of drug-likeness (QED) is 0.878. The number of likely N-dealkylation sites (tertiary alicyclic amines) is 1. The van der Waals surface area contributed by atoms with E-state index in [9.17, 15) is 4.79 Å². The van der Waals surface area contributed by atoms with Crippen LogP contribution in [0.4, 0.5) is 0 Å². The molecule has 1 aliphatic rings. The summed E-state index contributed by atoms with van der Waals surface area (Å²) in [4.78, 5) is 14.2. The molecule has 1 N–H and O–H groups in total. The highest BCUT2D eigenvalue weighted by molar-refractivity contribution is 5.76. The molecule has 0 atom stereocenters. The Kier molecular flexibility index (Phi) is 6.25. The summed E-state index contributed by atoms with van der Waals surface area (Å²) in [6.07, 6.45) is 2.67. The molecule has 0 bridgehead atoms. The molecule has 1 aliphatic heterocycles. The first-order chi connectivity index (χ1) is 10.6. The van der Waals surface area contributed by atoms with Crippen molar-refractivity contribution in [2.24, 2.45) is 5.92 Å². The molecule has 0 aromatic heterocycles. The van der Waals surface area contributed by atoms with Gasteiger partial charge < -0.3 is 15.0 Å². The van der Waals surface area contributed by atoms with Crippen molar-refractivity contribution in [2.45, 2.75) is 33.1 Å². The van der Waals surface area contributed by atoms with Gasteiger partial charge in [0.15, 0.2) is 0 Å². The molecule has 0 radical (unpaired) electrons. The Labute approximate surface area is 133 Å². The molecule has 0 aliphatic carbocycles. The first-order valence-electron chi connectivity index (χ1n) is 8.22. The van der Waals surface area contributed by atoms with Crippen LogP contribution in [-0.4, -0.2) is 44.1 Å². The molecule has 1 aromatic carbocycles. The van der Waals surface area contributed by atoms with Crippen LogP contribution in [0.25, 0.3) is 0 Å². The van der Waals surface area contributed by atoms with E-state index in [1.165, 1.54) is 5.56 Å². The van der Waals surface area contributed by atoms with Crippen LogP contribution in [0.5, 0.6) is 5.75 Å². The molecule has 22 heavy (non-hydrogen) atoms. The summed E-state index contributed by atoms with van der Waals surface area (Å²) < 4.78 is 5.76. The monoisotopic (exact) mass is 304 g/mol. The number of carbonyl (C=O) groups excluding carboxylic acids is 1. The Balaban J connectivity index is 1.72. The number of nitrogens with one attached hydrogen (secondary N) is 1. The number of nitrogens with zero attached hydrogens (tertiary/aromatic N) is 1. The van der Waals surface area contributed by atoms with Crippen LogP contribution in [0, 0.1) is 19.8 Å². The lowest BCUT2D eigenvalue weighted by atomic mass is 9.97. The second-order valence-corrected chi connectivity index (χ2v) is 6.25. The first-order valence-corrected chi connectivity index (χ1v) is 8.22. The molecule has 0 spiro atoms. The summed E-state index contributed by atoms with van der Waals surface area (Å²) in [5.41, 5.74) is 2.35. The standard InChI is InChI=1S/C18H28N2O2/c1-14-4-5-17(15(2)12-14)22-11-8-18(21)20-9-6-16(7-10-20)13-19-3/h4-5,12,16,19H,6-11,13H2,1-3H3. The van der Waals surface area contributed by atoms with Crippen molar-refractivity contribution < 1.29 is 9.53 Å². The smallest absolute Gasteiger partial charge is 0.225 e. The van der Waals surface area contributed by atoms with Crippen molar-refractivity contribution in [3.63, 3.8) is 0 Å². The van der Waals surface area contributed by atoms with Gasteiger partial charge in [0.25, 0.3) is 0 Å². The van der Waals surface area contributed by atoms with E-state index in [0.717, 1.165) is 43.8 Å². The van der Waals surface area contributed by atoms with Crippen LogP contribution in [0.1, 0.15) is 30.4 Å². The average Bonchev–Trinajstić information content (AvgIpc) is 2.50. The number of ether oxygens (including phenoxy) is 1. The molecule has 1 amide bonds. The van der Waals surface area contributed by atoms with E-state index in [0.29, 0.717) is 18.9 Å². The Morgan fingerprint density at radius 2 is 2.05 bits per heavy atom. The van der Waals surface area contributed by atoms with E-state index in [4.69, 9.17) is 4.74 Å². The third-order valence-corrected chi connectivity index (χ3v) is 4.36. The Morgan fingerprint density at radius 1 is 1.32 bits per heavy atom. The van der Waals surface area contributed by atoms with Gasteiger partial charge in [0, 0.05) is 13.1 Å². The predicted octanol–water partition coefficient (Wildman–Crippen LogP) is 2.53. The zero-order valence-corrected chi connectivity index (χ0v) is 14.0. The van der Waals surface area contributed by atoms with Crippen LogP contribution in [0.15, 0.2) is 18.2 Å². The molecule has 4 heteroatoms. The topological polar surface area (TPSA) is 41.6 Å². The van der Waals surface area contributed by atoms with E-state index < -0.39 is 0 Å². The fourth-order valence-electron chi connectivity index (χ4n) is 3.04. The normalized spacial score (nSPS) is 15.9. The molecule has 1 aromatic rings. The summed E-state index contributed by atoms with van der Waals surface area (Å²) in [5, 5.41) is 3.22. The number of amides is 1. The fraction of sp³-hybridized carbons (Fsp3) is 0.611. The molecular formula is C18H28N2O2. The van der Waals surface area contributed by atoms with Crippen molar-refractivity contribution in [1.82, 2.24) is 10.2 Å². The summed E-state index contributed by atoms with van der Waals surface area (Å²) >= 11 is 0. The lowest BCUT2D eigenvalue weighted by Crippen LogP contribution is -2.40. The summed E-state index contributed by atoms with van der Waals surface area (Å²) in [5.74, 6) is 1.80. The highest BCUT2D eigenvalue weighted by Crippen LogP contribution is 2.20. The third-order valence-electron chi connectivity index (χ3n) is 4.36. The van der Waals surface area contributed by atoms with Gasteiger partial charge in [-0.05, 0) is 57.8 Å². The van der Waals surface area contributed by atoms with E-state index in [-0.39, 0.29) is 5.91 Å². The Hall–Kier alpha value is -1.55. The second kappa shape index (κ2) is 8.18. The zero-order chi connectivity index (χ0) is 15.9. The van der Waals surface area contributed by atoms with Crippen molar-refractivity contribution in [3.05, 3.63) is 29.3 Å². The van der Waals surface area contributed by atoms with Crippen molar-refractivity contribution in [3.8, 4) is 5.75 Å². The molecule has 2 rings (SSSR count). The minimum Gasteiger partial charge on any atom is -0.493 e. The largest absolute Gasteiger partial charge is 0.493 e. The predicted molar refractivity (Wildman–Crippen MR) is 89.3 cm³/mol. The molecule has 1 heterocycles.